The van der Waals surface area contributed by atoms with Crippen LogP contribution in [0.3, 0.4) is 0 Å². The molecule has 0 fully saturated rings. The lowest BCUT2D eigenvalue weighted by Gasteiger charge is -2.28. The molecule has 0 aliphatic heterocycles. The molecule has 138 valence electrons. The number of carbonyl (C=O) groups excluding carboxylic acids is 2. The number of hydrogen-bond acceptors (Lipinski definition) is 3. The van der Waals surface area contributed by atoms with E-state index >= 15 is 0 Å². The molecule has 2 aromatic rings. The summed E-state index contributed by atoms with van der Waals surface area (Å²) < 4.78 is 0. The van der Waals surface area contributed by atoms with Crippen molar-refractivity contribution in [2.45, 2.75) is 46.2 Å². The molecule has 0 aliphatic rings. The molecule has 0 aliphatic carbocycles. The molecule has 0 radical (unpaired) electrons. The van der Waals surface area contributed by atoms with E-state index in [9.17, 15) is 9.59 Å². The number of nitrogens with one attached hydrogen (secondary N) is 2. The molecule has 4 nitrogen and oxygen atoms in total. The molecule has 2 aromatic carbocycles. The molecule has 0 spiro atoms. The summed E-state index contributed by atoms with van der Waals surface area (Å²) in [6.45, 7) is 9.98. The first-order valence-electron chi connectivity index (χ1n) is 8.83. The van der Waals surface area contributed by atoms with E-state index in [0.717, 1.165) is 17.5 Å². The zero-order chi connectivity index (χ0) is 19.4. The Morgan fingerprint density at radius 3 is 2.00 bits per heavy atom. The Balaban J connectivity index is 2.08. The maximum atomic E-state index is 12.6. The van der Waals surface area contributed by atoms with Crippen LogP contribution in [0.5, 0.6) is 0 Å². The van der Waals surface area contributed by atoms with Gasteiger partial charge < -0.3 is 15.4 Å². The fourth-order valence-corrected chi connectivity index (χ4v) is 2.64. The first kappa shape index (κ1) is 19.7. The van der Waals surface area contributed by atoms with E-state index in [1.54, 1.807) is 12.1 Å². The Morgan fingerprint density at radius 1 is 0.923 bits per heavy atom. The van der Waals surface area contributed by atoms with Gasteiger partial charge in [0.25, 0.3) is 5.91 Å². The normalized spacial score (nSPS) is 13.0. The fraction of sp³-hybridized carbons (Fsp3) is 0.364. The lowest BCUT2D eigenvalue weighted by molar-refractivity contribution is -0.110. The summed E-state index contributed by atoms with van der Waals surface area (Å²) in [6.07, 6.45) is 0.920. The van der Waals surface area contributed by atoms with Gasteiger partial charge in [-0.2, -0.15) is 0 Å². The smallest absolute Gasteiger partial charge is 0.251 e. The summed E-state index contributed by atoms with van der Waals surface area (Å²) in [6, 6.07) is 16.8. The molecule has 1 atom stereocenters. The monoisotopic (exact) mass is 352 g/mol. The predicted molar refractivity (Wildman–Crippen MR) is 106 cm³/mol. The summed E-state index contributed by atoms with van der Waals surface area (Å²) >= 11 is 0. The highest BCUT2D eigenvalue weighted by molar-refractivity contribution is 5.95. The molecule has 0 saturated carbocycles. The zero-order valence-electron chi connectivity index (χ0n) is 16.2. The second-order valence-corrected chi connectivity index (χ2v) is 8.15. The van der Waals surface area contributed by atoms with Crippen molar-refractivity contribution in [1.29, 1.82) is 0 Å². The fourth-order valence-electron chi connectivity index (χ4n) is 2.64. The number of amides is 1. The van der Waals surface area contributed by atoms with Crippen LogP contribution in [0.4, 0.5) is 5.69 Å². The Labute approximate surface area is 156 Å². The first-order chi connectivity index (χ1) is 12.1. The molecule has 0 unspecified atom stereocenters. The number of hydrogen-bond donors (Lipinski definition) is 2. The van der Waals surface area contributed by atoms with Gasteiger partial charge in [0, 0.05) is 11.3 Å². The summed E-state index contributed by atoms with van der Waals surface area (Å²) in [5, 5.41) is 6.28. The molecule has 2 N–H and O–H groups in total. The third-order valence-electron chi connectivity index (χ3n) is 4.46. The SMILES string of the molecule is CC(C)(NC(=O)c1ccc(N[C@H](C=O)C(C)(C)C)cc1)c1ccccc1. The van der Waals surface area contributed by atoms with Crippen LogP contribution in [0.15, 0.2) is 54.6 Å². The quantitative estimate of drug-likeness (QED) is 0.759. The Bertz CT molecular complexity index is 744. The van der Waals surface area contributed by atoms with Gasteiger partial charge in [-0.3, -0.25) is 4.79 Å². The zero-order valence-corrected chi connectivity index (χ0v) is 16.2. The molecular formula is C22H28N2O2. The second-order valence-electron chi connectivity index (χ2n) is 8.15. The van der Waals surface area contributed by atoms with Crippen LogP contribution in [0, 0.1) is 5.41 Å². The van der Waals surface area contributed by atoms with Crippen LogP contribution in [0.25, 0.3) is 0 Å². The average molecular weight is 352 g/mol. The Kier molecular flexibility index (Phi) is 5.86. The molecule has 0 aromatic heterocycles. The molecule has 2 rings (SSSR count). The van der Waals surface area contributed by atoms with Crippen molar-refractivity contribution in [3.63, 3.8) is 0 Å². The van der Waals surface area contributed by atoms with Crippen LogP contribution >= 0.6 is 0 Å². The van der Waals surface area contributed by atoms with Crippen molar-refractivity contribution in [2.75, 3.05) is 5.32 Å². The number of aldehydes is 1. The molecule has 0 saturated heterocycles. The van der Waals surface area contributed by atoms with E-state index in [-0.39, 0.29) is 17.4 Å². The van der Waals surface area contributed by atoms with Gasteiger partial charge in [0.15, 0.2) is 0 Å². The third-order valence-corrected chi connectivity index (χ3v) is 4.46. The lowest BCUT2D eigenvalue weighted by Crippen LogP contribution is -2.41. The van der Waals surface area contributed by atoms with Gasteiger partial charge in [-0.1, -0.05) is 51.1 Å². The number of carbonyl (C=O) groups is 2. The standard InChI is InChI=1S/C22H28N2O2/c1-21(2,3)19(15-25)23-18-13-11-16(12-14-18)20(26)24-22(4,5)17-9-7-6-8-10-17/h6-15,19,23H,1-5H3,(H,24,26)/t19-/m1/s1. The average Bonchev–Trinajstić information content (AvgIpc) is 2.59. The highest BCUT2D eigenvalue weighted by atomic mass is 16.1. The van der Waals surface area contributed by atoms with Crippen molar-refractivity contribution < 1.29 is 9.59 Å². The largest absolute Gasteiger partial charge is 0.375 e. The third kappa shape index (κ3) is 4.94. The van der Waals surface area contributed by atoms with E-state index in [2.05, 4.69) is 10.6 Å². The van der Waals surface area contributed by atoms with Gasteiger partial charge in [0.1, 0.15) is 6.29 Å². The van der Waals surface area contributed by atoms with Crippen molar-refractivity contribution in [2.24, 2.45) is 5.41 Å². The molecule has 0 heterocycles. The highest BCUT2D eigenvalue weighted by Gasteiger charge is 2.25. The van der Waals surface area contributed by atoms with Gasteiger partial charge in [0.05, 0.1) is 11.6 Å². The molecule has 1 amide bonds. The van der Waals surface area contributed by atoms with E-state index in [4.69, 9.17) is 0 Å². The van der Waals surface area contributed by atoms with Crippen LogP contribution in [-0.4, -0.2) is 18.2 Å². The van der Waals surface area contributed by atoms with Gasteiger partial charge in [-0.15, -0.1) is 0 Å². The topological polar surface area (TPSA) is 58.2 Å². The van der Waals surface area contributed by atoms with Gasteiger partial charge in [0.2, 0.25) is 0 Å². The van der Waals surface area contributed by atoms with Crippen molar-refractivity contribution in [3.8, 4) is 0 Å². The molecular weight excluding hydrogens is 324 g/mol. The van der Waals surface area contributed by atoms with Gasteiger partial charge >= 0.3 is 0 Å². The van der Waals surface area contributed by atoms with Crippen LogP contribution in [0.2, 0.25) is 0 Å². The van der Waals surface area contributed by atoms with Gasteiger partial charge in [-0.25, -0.2) is 0 Å². The number of benzene rings is 2. The van der Waals surface area contributed by atoms with Crippen molar-refractivity contribution in [1.82, 2.24) is 5.32 Å². The second kappa shape index (κ2) is 7.73. The van der Waals surface area contributed by atoms with E-state index in [1.807, 2.05) is 77.1 Å². The molecule has 26 heavy (non-hydrogen) atoms. The van der Waals surface area contributed by atoms with Crippen molar-refractivity contribution in [3.05, 3.63) is 65.7 Å². The van der Waals surface area contributed by atoms with Gasteiger partial charge in [-0.05, 0) is 49.1 Å². The highest BCUT2D eigenvalue weighted by Crippen LogP contribution is 2.23. The number of rotatable bonds is 6. The van der Waals surface area contributed by atoms with Crippen molar-refractivity contribution >= 4 is 17.9 Å². The lowest BCUT2D eigenvalue weighted by atomic mass is 9.87. The summed E-state index contributed by atoms with van der Waals surface area (Å²) in [4.78, 5) is 23.9. The first-order valence-corrected chi connectivity index (χ1v) is 8.83. The summed E-state index contributed by atoms with van der Waals surface area (Å²) in [5.74, 6) is -0.131. The maximum absolute atomic E-state index is 12.6. The van der Waals surface area contributed by atoms with E-state index in [1.165, 1.54) is 0 Å². The Morgan fingerprint density at radius 2 is 1.50 bits per heavy atom. The summed E-state index contributed by atoms with van der Waals surface area (Å²) in [5.41, 5.74) is 1.79. The Hall–Kier alpha value is -2.62. The maximum Gasteiger partial charge on any atom is 0.251 e. The minimum absolute atomic E-state index is 0.131. The minimum atomic E-state index is -0.468. The number of anilines is 1. The van der Waals surface area contributed by atoms with E-state index in [0.29, 0.717) is 5.56 Å². The summed E-state index contributed by atoms with van der Waals surface area (Å²) in [7, 11) is 0. The molecule has 4 heteroatoms. The predicted octanol–water partition coefficient (Wildman–Crippen LogP) is 4.38. The minimum Gasteiger partial charge on any atom is -0.375 e. The molecule has 0 bridgehead atoms. The van der Waals surface area contributed by atoms with Crippen LogP contribution in [-0.2, 0) is 10.3 Å². The van der Waals surface area contributed by atoms with Crippen LogP contribution in [0.1, 0.15) is 50.5 Å². The van der Waals surface area contributed by atoms with Crippen LogP contribution < -0.4 is 10.6 Å². The van der Waals surface area contributed by atoms with E-state index < -0.39 is 5.54 Å².